The zero-order valence-corrected chi connectivity index (χ0v) is 11.7. The maximum absolute atomic E-state index is 11.5. The molecule has 2 heterocycles. The molecule has 0 saturated carbocycles. The Balaban J connectivity index is 2.07. The van der Waals surface area contributed by atoms with Crippen LogP contribution in [0.1, 0.15) is 18.1 Å². The van der Waals surface area contributed by atoms with Gasteiger partial charge in [-0.1, -0.05) is 24.2 Å². The number of hydrogen-bond acceptors (Lipinski definition) is 3. The number of carbonyl (C=O) groups is 1. The van der Waals surface area contributed by atoms with E-state index in [1.54, 1.807) is 16.9 Å². The highest BCUT2D eigenvalue weighted by Crippen LogP contribution is 2.38. The summed E-state index contributed by atoms with van der Waals surface area (Å²) in [4.78, 5) is 11.5. The standard InChI is InChI=1S/C15H13ClN2O2/c1-9-5-14(20-15(9)19)12-4-3-11(16)6-13(12)10-7-17-18(2)8-10/h3-4,6-8,14H,1,5H2,2H3/t14-/m1/s1. The molecule has 1 aromatic heterocycles. The molecule has 1 saturated heterocycles. The lowest BCUT2D eigenvalue weighted by atomic mass is 9.96. The normalized spacial score (nSPS) is 18.4. The lowest BCUT2D eigenvalue weighted by Gasteiger charge is -2.14. The fourth-order valence-electron chi connectivity index (χ4n) is 2.35. The van der Waals surface area contributed by atoms with Gasteiger partial charge in [-0.2, -0.15) is 5.10 Å². The number of cyclic esters (lactones) is 1. The van der Waals surface area contributed by atoms with E-state index in [-0.39, 0.29) is 12.1 Å². The Bertz CT molecular complexity index is 690. The van der Waals surface area contributed by atoms with E-state index >= 15 is 0 Å². The molecule has 20 heavy (non-hydrogen) atoms. The Morgan fingerprint density at radius 3 is 2.90 bits per heavy atom. The third kappa shape index (κ3) is 2.23. The molecular formula is C15H13ClN2O2. The molecule has 0 radical (unpaired) electrons. The molecular weight excluding hydrogens is 276 g/mol. The summed E-state index contributed by atoms with van der Waals surface area (Å²) < 4.78 is 7.08. The summed E-state index contributed by atoms with van der Waals surface area (Å²) in [6.07, 6.45) is 3.87. The van der Waals surface area contributed by atoms with E-state index in [9.17, 15) is 4.79 Å². The highest BCUT2D eigenvalue weighted by Gasteiger charge is 2.30. The Labute approximate surface area is 121 Å². The van der Waals surface area contributed by atoms with Crippen molar-refractivity contribution in [3.8, 4) is 11.1 Å². The smallest absolute Gasteiger partial charge is 0.334 e. The van der Waals surface area contributed by atoms with Crippen LogP contribution in [0.25, 0.3) is 11.1 Å². The number of halogens is 1. The first-order valence-corrected chi connectivity index (χ1v) is 6.59. The maximum Gasteiger partial charge on any atom is 0.334 e. The highest BCUT2D eigenvalue weighted by atomic mass is 35.5. The van der Waals surface area contributed by atoms with Crippen molar-refractivity contribution in [2.45, 2.75) is 12.5 Å². The quantitative estimate of drug-likeness (QED) is 0.629. The van der Waals surface area contributed by atoms with E-state index < -0.39 is 0 Å². The van der Waals surface area contributed by atoms with Crippen LogP contribution in [-0.2, 0) is 16.6 Å². The third-order valence-corrected chi connectivity index (χ3v) is 3.58. The van der Waals surface area contributed by atoms with E-state index in [0.29, 0.717) is 17.0 Å². The van der Waals surface area contributed by atoms with Crippen molar-refractivity contribution in [3.63, 3.8) is 0 Å². The molecule has 0 aliphatic carbocycles. The number of aromatic nitrogens is 2. The molecule has 5 heteroatoms. The molecule has 0 unspecified atom stereocenters. The minimum atomic E-state index is -0.331. The van der Waals surface area contributed by atoms with Crippen LogP contribution in [0.15, 0.2) is 42.7 Å². The molecule has 4 nitrogen and oxygen atoms in total. The van der Waals surface area contributed by atoms with Crippen molar-refractivity contribution >= 4 is 17.6 Å². The van der Waals surface area contributed by atoms with Crippen molar-refractivity contribution in [2.24, 2.45) is 7.05 Å². The summed E-state index contributed by atoms with van der Waals surface area (Å²) in [5, 5.41) is 4.80. The first kappa shape index (κ1) is 12.9. The first-order valence-electron chi connectivity index (χ1n) is 6.22. The number of ether oxygens (including phenoxy) is 1. The summed E-state index contributed by atoms with van der Waals surface area (Å²) in [7, 11) is 1.85. The summed E-state index contributed by atoms with van der Waals surface area (Å²) >= 11 is 6.09. The SMILES string of the molecule is C=C1C[C@H](c2ccc(Cl)cc2-c2cnn(C)c2)OC1=O. The van der Waals surface area contributed by atoms with Gasteiger partial charge in [0.25, 0.3) is 0 Å². The zero-order valence-electron chi connectivity index (χ0n) is 11.0. The number of rotatable bonds is 2. The predicted molar refractivity (Wildman–Crippen MR) is 76.2 cm³/mol. The van der Waals surface area contributed by atoms with Gasteiger partial charge in [0.15, 0.2) is 0 Å². The van der Waals surface area contributed by atoms with E-state index in [1.807, 2.05) is 25.4 Å². The van der Waals surface area contributed by atoms with Gasteiger partial charge in [-0.15, -0.1) is 0 Å². The second-order valence-electron chi connectivity index (χ2n) is 4.84. The molecule has 1 aliphatic rings. The van der Waals surface area contributed by atoms with Crippen LogP contribution < -0.4 is 0 Å². The molecule has 0 N–H and O–H groups in total. The van der Waals surface area contributed by atoms with E-state index in [4.69, 9.17) is 16.3 Å². The molecule has 2 aromatic rings. The van der Waals surface area contributed by atoms with Crippen LogP contribution in [0.4, 0.5) is 0 Å². The monoisotopic (exact) mass is 288 g/mol. The van der Waals surface area contributed by atoms with Gasteiger partial charge in [0.1, 0.15) is 6.10 Å². The Kier molecular flexibility index (Phi) is 3.10. The van der Waals surface area contributed by atoms with Crippen molar-refractivity contribution in [1.29, 1.82) is 0 Å². The summed E-state index contributed by atoms with van der Waals surface area (Å²) in [6.45, 7) is 3.72. The first-order chi connectivity index (χ1) is 9.54. The average Bonchev–Trinajstić information content (AvgIpc) is 2.97. The van der Waals surface area contributed by atoms with Crippen molar-refractivity contribution in [3.05, 3.63) is 53.3 Å². The van der Waals surface area contributed by atoms with Crippen LogP contribution in [-0.4, -0.2) is 15.7 Å². The number of carbonyl (C=O) groups excluding carboxylic acids is 1. The van der Waals surface area contributed by atoms with E-state index in [2.05, 4.69) is 11.7 Å². The molecule has 1 aliphatic heterocycles. The third-order valence-electron chi connectivity index (χ3n) is 3.35. The number of hydrogen-bond donors (Lipinski definition) is 0. The Morgan fingerprint density at radius 1 is 1.50 bits per heavy atom. The maximum atomic E-state index is 11.5. The Morgan fingerprint density at radius 2 is 2.30 bits per heavy atom. The molecule has 1 aromatic carbocycles. The molecule has 0 bridgehead atoms. The van der Waals surface area contributed by atoms with Crippen LogP contribution >= 0.6 is 11.6 Å². The summed E-state index contributed by atoms with van der Waals surface area (Å²) in [5.74, 6) is -0.331. The van der Waals surface area contributed by atoms with Gasteiger partial charge in [0, 0.05) is 41.4 Å². The second kappa shape index (κ2) is 4.80. The zero-order chi connectivity index (χ0) is 14.3. The van der Waals surface area contributed by atoms with Crippen molar-refractivity contribution in [1.82, 2.24) is 9.78 Å². The molecule has 0 amide bonds. The number of benzene rings is 1. The van der Waals surface area contributed by atoms with Gasteiger partial charge in [-0.25, -0.2) is 4.79 Å². The number of nitrogens with zero attached hydrogens (tertiary/aromatic N) is 2. The lowest BCUT2D eigenvalue weighted by Crippen LogP contribution is -2.00. The molecule has 102 valence electrons. The van der Waals surface area contributed by atoms with Gasteiger partial charge in [-0.3, -0.25) is 4.68 Å². The molecule has 0 spiro atoms. The van der Waals surface area contributed by atoms with Crippen LogP contribution in [0.3, 0.4) is 0 Å². The average molecular weight is 289 g/mol. The fourth-order valence-corrected chi connectivity index (χ4v) is 2.53. The van der Waals surface area contributed by atoms with E-state index in [0.717, 1.165) is 16.7 Å². The van der Waals surface area contributed by atoms with Gasteiger partial charge in [0.2, 0.25) is 0 Å². The minimum Gasteiger partial charge on any atom is -0.454 e. The largest absolute Gasteiger partial charge is 0.454 e. The number of aryl methyl sites for hydroxylation is 1. The molecule has 1 atom stereocenters. The summed E-state index contributed by atoms with van der Waals surface area (Å²) in [5.41, 5.74) is 3.30. The van der Waals surface area contributed by atoms with Gasteiger partial charge >= 0.3 is 5.97 Å². The van der Waals surface area contributed by atoms with E-state index in [1.165, 1.54) is 0 Å². The Hall–Kier alpha value is -2.07. The van der Waals surface area contributed by atoms with Gasteiger partial charge in [0.05, 0.1) is 6.20 Å². The van der Waals surface area contributed by atoms with Crippen LogP contribution in [0, 0.1) is 0 Å². The fraction of sp³-hybridized carbons (Fsp3) is 0.200. The van der Waals surface area contributed by atoms with Gasteiger partial charge in [-0.05, 0) is 17.7 Å². The van der Waals surface area contributed by atoms with Crippen LogP contribution in [0.5, 0.6) is 0 Å². The highest BCUT2D eigenvalue weighted by molar-refractivity contribution is 6.30. The molecule has 1 fully saturated rings. The van der Waals surface area contributed by atoms with Gasteiger partial charge < -0.3 is 4.74 Å². The molecule has 3 rings (SSSR count). The predicted octanol–water partition coefficient (Wildman–Crippen LogP) is 3.28. The van der Waals surface area contributed by atoms with Crippen molar-refractivity contribution < 1.29 is 9.53 Å². The number of esters is 1. The van der Waals surface area contributed by atoms with Crippen LogP contribution in [0.2, 0.25) is 5.02 Å². The second-order valence-corrected chi connectivity index (χ2v) is 5.27. The lowest BCUT2D eigenvalue weighted by molar-refractivity contribution is -0.139. The summed E-state index contributed by atoms with van der Waals surface area (Å²) in [6, 6.07) is 5.55. The topological polar surface area (TPSA) is 44.1 Å². The van der Waals surface area contributed by atoms with Crippen molar-refractivity contribution in [2.75, 3.05) is 0 Å². The minimum absolute atomic E-state index is 0.303.